The number of fused-ring (bicyclic) bond motifs is 1. The van der Waals surface area contributed by atoms with Crippen molar-refractivity contribution in [3.05, 3.63) is 57.6 Å². The number of thiazole rings is 1. The van der Waals surface area contributed by atoms with Gasteiger partial charge >= 0.3 is 5.97 Å². The number of aromatic nitrogens is 5. The summed E-state index contributed by atoms with van der Waals surface area (Å²) in [5, 5.41) is 16.4. The summed E-state index contributed by atoms with van der Waals surface area (Å²) < 4.78 is 3.41. The predicted octanol–water partition coefficient (Wildman–Crippen LogP) is 1.69. The summed E-state index contributed by atoms with van der Waals surface area (Å²) in [5.41, 5.74) is 6.57. The Bertz CT molecular complexity index is 1340. The third kappa shape index (κ3) is 2.82. The summed E-state index contributed by atoms with van der Waals surface area (Å²) in [5.74, 6) is -0.566. The molecule has 152 valence electrons. The first-order chi connectivity index (χ1) is 14.4. The first-order valence-corrected chi connectivity index (χ1v) is 10.0. The highest BCUT2D eigenvalue weighted by atomic mass is 32.1. The van der Waals surface area contributed by atoms with Crippen LogP contribution in [0.3, 0.4) is 0 Å². The molecular weight excluding hydrogens is 406 g/mol. The van der Waals surface area contributed by atoms with Crippen LogP contribution in [0.1, 0.15) is 22.0 Å². The van der Waals surface area contributed by atoms with Gasteiger partial charge in [0, 0.05) is 37.1 Å². The van der Waals surface area contributed by atoms with Crippen LogP contribution in [0.5, 0.6) is 0 Å². The average Bonchev–Trinajstić information content (AvgIpc) is 3.32. The zero-order chi connectivity index (χ0) is 21.0. The highest BCUT2D eigenvalue weighted by molar-refractivity contribution is 7.12. The van der Waals surface area contributed by atoms with E-state index in [-0.39, 0.29) is 17.0 Å². The van der Waals surface area contributed by atoms with Crippen molar-refractivity contribution in [3.8, 4) is 5.13 Å². The molecule has 1 aliphatic rings. The van der Waals surface area contributed by atoms with Gasteiger partial charge in [0.1, 0.15) is 11.4 Å². The number of nitrogens with zero attached hydrogens (tertiary/aromatic N) is 6. The summed E-state index contributed by atoms with van der Waals surface area (Å²) in [6, 6.07) is 2.01. The molecule has 0 spiro atoms. The second-order valence-electron chi connectivity index (χ2n) is 7.17. The van der Waals surface area contributed by atoms with Crippen LogP contribution >= 0.6 is 11.3 Å². The van der Waals surface area contributed by atoms with Gasteiger partial charge in [0.25, 0.3) is 0 Å². The number of nitrogen functional groups attached to an aromatic ring is 1. The van der Waals surface area contributed by atoms with Crippen molar-refractivity contribution in [2.24, 2.45) is 0 Å². The minimum absolute atomic E-state index is 0.190. The SMILES string of the molecule is Cc1cc(N2CC(n3cc(N)cn3)C2)nc2c1c(=O)c(C(=O)O)cn2-c1nccs1. The number of aryl methyl sites for hydroxylation is 1. The number of nitrogens with two attached hydrogens (primary N) is 1. The second-order valence-corrected chi connectivity index (χ2v) is 8.04. The minimum Gasteiger partial charge on any atom is -0.477 e. The molecule has 4 aromatic rings. The summed E-state index contributed by atoms with van der Waals surface area (Å²) >= 11 is 1.34. The lowest BCUT2D eigenvalue weighted by molar-refractivity contribution is 0.0695. The standard InChI is InChI=1S/C19H17N7O3S/c1-10-4-14(24-7-12(8-24)26-6-11(20)5-22-26)23-17-15(10)16(27)13(18(28)29)9-25(17)19-21-2-3-30-19/h2-6,9,12H,7-8,20H2,1H3,(H,28,29). The van der Waals surface area contributed by atoms with Crippen molar-refractivity contribution in [1.29, 1.82) is 0 Å². The number of hydrogen-bond donors (Lipinski definition) is 2. The first-order valence-electron chi connectivity index (χ1n) is 9.17. The van der Waals surface area contributed by atoms with Crippen LogP contribution < -0.4 is 16.1 Å². The Balaban J connectivity index is 1.61. The fraction of sp³-hybridized carbons (Fsp3) is 0.211. The molecule has 5 heterocycles. The zero-order valence-corrected chi connectivity index (χ0v) is 16.7. The Morgan fingerprint density at radius 1 is 1.33 bits per heavy atom. The molecule has 30 heavy (non-hydrogen) atoms. The fourth-order valence-corrected chi connectivity index (χ4v) is 4.25. The lowest BCUT2D eigenvalue weighted by Crippen LogP contribution is -2.48. The molecule has 11 heteroatoms. The van der Waals surface area contributed by atoms with E-state index in [0.29, 0.717) is 40.9 Å². The quantitative estimate of drug-likeness (QED) is 0.507. The van der Waals surface area contributed by atoms with Gasteiger partial charge in [-0.3, -0.25) is 14.0 Å². The van der Waals surface area contributed by atoms with E-state index in [1.807, 2.05) is 10.7 Å². The summed E-state index contributed by atoms with van der Waals surface area (Å²) in [6.45, 7) is 3.19. The van der Waals surface area contributed by atoms with Gasteiger partial charge in [-0.25, -0.2) is 14.8 Å². The number of anilines is 2. The van der Waals surface area contributed by atoms with Gasteiger partial charge in [-0.2, -0.15) is 5.10 Å². The Hall–Kier alpha value is -3.73. The van der Waals surface area contributed by atoms with Crippen molar-refractivity contribution >= 4 is 39.8 Å². The van der Waals surface area contributed by atoms with Crippen LogP contribution in [0.4, 0.5) is 11.5 Å². The number of rotatable bonds is 4. The number of carbonyl (C=O) groups is 1. The Morgan fingerprint density at radius 3 is 2.77 bits per heavy atom. The summed E-state index contributed by atoms with van der Waals surface area (Å²) in [6.07, 6.45) is 6.34. The Morgan fingerprint density at radius 2 is 2.13 bits per heavy atom. The number of carboxylic acids is 1. The van der Waals surface area contributed by atoms with Gasteiger partial charge in [-0.15, -0.1) is 11.3 Å². The molecule has 10 nitrogen and oxygen atoms in total. The molecule has 0 aromatic carbocycles. The molecule has 0 unspecified atom stereocenters. The van der Waals surface area contributed by atoms with E-state index in [4.69, 9.17) is 10.7 Å². The van der Waals surface area contributed by atoms with Crippen molar-refractivity contribution in [2.45, 2.75) is 13.0 Å². The topological polar surface area (TPSA) is 132 Å². The van der Waals surface area contributed by atoms with Gasteiger partial charge in [-0.1, -0.05) is 0 Å². The van der Waals surface area contributed by atoms with E-state index in [9.17, 15) is 14.7 Å². The fourth-order valence-electron chi connectivity index (χ4n) is 3.63. The van der Waals surface area contributed by atoms with Crippen LogP contribution in [0, 0.1) is 6.92 Å². The van der Waals surface area contributed by atoms with Gasteiger partial charge in [0.05, 0.1) is 23.3 Å². The molecule has 1 saturated heterocycles. The van der Waals surface area contributed by atoms with Gasteiger partial charge in [-0.05, 0) is 18.6 Å². The monoisotopic (exact) mass is 423 g/mol. The largest absolute Gasteiger partial charge is 0.477 e. The minimum atomic E-state index is -1.28. The molecule has 5 rings (SSSR count). The van der Waals surface area contributed by atoms with Crippen molar-refractivity contribution < 1.29 is 9.90 Å². The predicted molar refractivity (Wildman–Crippen MR) is 113 cm³/mol. The van der Waals surface area contributed by atoms with Gasteiger partial charge < -0.3 is 15.7 Å². The smallest absolute Gasteiger partial charge is 0.341 e. The highest BCUT2D eigenvalue weighted by Crippen LogP contribution is 2.30. The van der Waals surface area contributed by atoms with E-state index in [1.165, 1.54) is 17.5 Å². The first kappa shape index (κ1) is 18.3. The van der Waals surface area contributed by atoms with E-state index in [2.05, 4.69) is 15.0 Å². The Labute approximate surface area is 173 Å². The van der Waals surface area contributed by atoms with Crippen molar-refractivity contribution in [2.75, 3.05) is 23.7 Å². The van der Waals surface area contributed by atoms with Gasteiger partial charge in [0.15, 0.2) is 10.8 Å². The van der Waals surface area contributed by atoms with E-state index >= 15 is 0 Å². The van der Waals surface area contributed by atoms with Crippen LogP contribution in [-0.2, 0) is 0 Å². The maximum atomic E-state index is 12.8. The van der Waals surface area contributed by atoms with Crippen LogP contribution in [0.15, 0.2) is 41.0 Å². The van der Waals surface area contributed by atoms with E-state index < -0.39 is 11.4 Å². The third-order valence-corrected chi connectivity index (χ3v) is 5.95. The molecule has 0 radical (unpaired) electrons. The average molecular weight is 423 g/mol. The molecule has 0 atom stereocenters. The van der Waals surface area contributed by atoms with Crippen molar-refractivity contribution in [3.63, 3.8) is 0 Å². The normalized spacial score (nSPS) is 14.2. The summed E-state index contributed by atoms with van der Waals surface area (Å²) in [7, 11) is 0. The zero-order valence-electron chi connectivity index (χ0n) is 15.9. The summed E-state index contributed by atoms with van der Waals surface area (Å²) in [4.78, 5) is 35.5. The number of pyridine rings is 2. The molecule has 1 aliphatic heterocycles. The number of hydrogen-bond acceptors (Lipinski definition) is 8. The maximum Gasteiger partial charge on any atom is 0.341 e. The molecule has 0 aliphatic carbocycles. The molecule has 1 fully saturated rings. The number of carboxylic acid groups (broad SMARTS) is 1. The van der Waals surface area contributed by atoms with Crippen LogP contribution in [-0.4, -0.2) is 48.5 Å². The van der Waals surface area contributed by atoms with Crippen LogP contribution in [0.25, 0.3) is 16.2 Å². The van der Waals surface area contributed by atoms with Gasteiger partial charge in [0.2, 0.25) is 5.43 Å². The molecule has 4 aromatic heterocycles. The molecule has 0 saturated carbocycles. The van der Waals surface area contributed by atoms with Crippen LogP contribution in [0.2, 0.25) is 0 Å². The lowest BCUT2D eigenvalue weighted by Gasteiger charge is -2.40. The maximum absolute atomic E-state index is 12.8. The molecule has 0 bridgehead atoms. The molecule has 0 amide bonds. The Kier molecular flexibility index (Phi) is 4.07. The van der Waals surface area contributed by atoms with Crippen molar-refractivity contribution in [1.82, 2.24) is 24.3 Å². The number of aromatic carboxylic acids is 1. The lowest BCUT2D eigenvalue weighted by atomic mass is 10.1. The highest BCUT2D eigenvalue weighted by Gasteiger charge is 2.31. The van der Waals surface area contributed by atoms with E-state index in [0.717, 1.165) is 0 Å². The second kappa shape index (κ2) is 6.66. The molecule has 3 N–H and O–H groups in total. The third-order valence-electron chi connectivity index (χ3n) is 5.18. The van der Waals surface area contributed by atoms with E-state index in [1.54, 1.807) is 35.5 Å². The molecular formula is C19H17N7O3S.